The van der Waals surface area contributed by atoms with Gasteiger partial charge in [0.1, 0.15) is 5.82 Å². The van der Waals surface area contributed by atoms with Crippen LogP contribution < -0.4 is 11.1 Å². The van der Waals surface area contributed by atoms with Crippen LogP contribution in [-0.2, 0) is 18.4 Å². The van der Waals surface area contributed by atoms with Gasteiger partial charge in [0, 0.05) is 31.4 Å². The fourth-order valence-corrected chi connectivity index (χ4v) is 2.26. The fraction of sp³-hybridized carbons (Fsp3) is 0.667. The molecule has 0 unspecified atom stereocenters. The van der Waals surface area contributed by atoms with E-state index in [0.717, 1.165) is 31.5 Å². The van der Waals surface area contributed by atoms with Crippen LogP contribution in [0.2, 0.25) is 0 Å². The third-order valence-electron chi connectivity index (χ3n) is 3.48. The van der Waals surface area contributed by atoms with E-state index in [1.807, 2.05) is 17.8 Å². The van der Waals surface area contributed by atoms with Crippen molar-refractivity contribution in [2.24, 2.45) is 18.7 Å². The van der Waals surface area contributed by atoms with E-state index in [1.54, 1.807) is 6.20 Å². The molecular formula is C12H20N4O. The van der Waals surface area contributed by atoms with Gasteiger partial charge >= 0.3 is 0 Å². The molecule has 1 aromatic heterocycles. The molecule has 0 aromatic carbocycles. The van der Waals surface area contributed by atoms with E-state index in [1.165, 1.54) is 0 Å². The maximum absolute atomic E-state index is 11.9. The predicted molar refractivity (Wildman–Crippen MR) is 65.0 cm³/mol. The second kappa shape index (κ2) is 5.31. The van der Waals surface area contributed by atoms with Crippen molar-refractivity contribution in [2.75, 3.05) is 0 Å². The van der Waals surface area contributed by atoms with E-state index in [4.69, 9.17) is 5.73 Å². The van der Waals surface area contributed by atoms with Gasteiger partial charge in [-0.2, -0.15) is 0 Å². The van der Waals surface area contributed by atoms with Crippen molar-refractivity contribution < 1.29 is 4.79 Å². The van der Waals surface area contributed by atoms with E-state index >= 15 is 0 Å². The van der Waals surface area contributed by atoms with Crippen molar-refractivity contribution in [1.82, 2.24) is 14.9 Å². The highest BCUT2D eigenvalue weighted by Gasteiger charge is 2.24. The summed E-state index contributed by atoms with van der Waals surface area (Å²) in [6, 6.07) is 0.286. The molecule has 94 valence electrons. The quantitative estimate of drug-likeness (QED) is 0.805. The zero-order chi connectivity index (χ0) is 12.3. The highest BCUT2D eigenvalue weighted by atomic mass is 16.1. The van der Waals surface area contributed by atoms with Crippen LogP contribution in [-0.4, -0.2) is 21.5 Å². The minimum absolute atomic E-state index is 0.134. The molecule has 0 bridgehead atoms. The predicted octanol–water partition coefficient (Wildman–Crippen LogP) is 0.554. The first-order valence-electron chi connectivity index (χ1n) is 6.16. The lowest BCUT2D eigenvalue weighted by Gasteiger charge is -2.25. The molecule has 5 nitrogen and oxygen atoms in total. The van der Waals surface area contributed by atoms with E-state index in [2.05, 4.69) is 10.3 Å². The molecule has 1 aliphatic carbocycles. The molecule has 0 atom stereocenters. The van der Waals surface area contributed by atoms with Gasteiger partial charge in [-0.3, -0.25) is 4.79 Å². The normalized spacial score (nSPS) is 24.6. The van der Waals surface area contributed by atoms with Crippen molar-refractivity contribution in [3.05, 3.63) is 18.2 Å². The zero-order valence-corrected chi connectivity index (χ0v) is 10.2. The molecule has 1 heterocycles. The van der Waals surface area contributed by atoms with Gasteiger partial charge in [0.05, 0.1) is 6.54 Å². The van der Waals surface area contributed by atoms with E-state index < -0.39 is 0 Å². The number of amides is 1. The lowest BCUT2D eigenvalue weighted by Crippen LogP contribution is -2.36. The summed E-state index contributed by atoms with van der Waals surface area (Å²) in [4.78, 5) is 16.1. The number of carbonyl (C=O) groups is 1. The number of nitrogens with one attached hydrogen (secondary N) is 1. The molecule has 1 fully saturated rings. The van der Waals surface area contributed by atoms with Gasteiger partial charge in [-0.15, -0.1) is 0 Å². The van der Waals surface area contributed by atoms with Gasteiger partial charge in [-0.1, -0.05) is 0 Å². The molecule has 0 spiro atoms. The Hall–Kier alpha value is -1.36. The molecular weight excluding hydrogens is 216 g/mol. The smallest absolute Gasteiger partial charge is 0.223 e. The number of nitrogens with zero attached hydrogens (tertiary/aromatic N) is 2. The Morgan fingerprint density at radius 3 is 2.82 bits per heavy atom. The zero-order valence-electron chi connectivity index (χ0n) is 10.2. The fourth-order valence-electron chi connectivity index (χ4n) is 2.26. The van der Waals surface area contributed by atoms with Gasteiger partial charge in [-0.25, -0.2) is 4.98 Å². The molecule has 2 rings (SSSR count). The summed E-state index contributed by atoms with van der Waals surface area (Å²) in [5, 5.41) is 2.95. The molecule has 0 radical (unpaired) electrons. The van der Waals surface area contributed by atoms with Crippen molar-refractivity contribution in [3.8, 4) is 0 Å². The number of hydrogen-bond acceptors (Lipinski definition) is 3. The Labute approximate surface area is 101 Å². The Balaban J connectivity index is 1.80. The SMILES string of the molecule is Cn1ccnc1CNC(=O)C1CCC(N)CC1. The van der Waals surface area contributed by atoms with Gasteiger partial charge < -0.3 is 15.6 Å². The monoisotopic (exact) mass is 236 g/mol. The molecule has 5 heteroatoms. The Kier molecular flexibility index (Phi) is 3.78. The van der Waals surface area contributed by atoms with Crippen LogP contribution in [0.3, 0.4) is 0 Å². The maximum atomic E-state index is 11.9. The lowest BCUT2D eigenvalue weighted by molar-refractivity contribution is -0.126. The molecule has 1 saturated carbocycles. The summed E-state index contributed by atoms with van der Waals surface area (Å²) >= 11 is 0. The molecule has 1 amide bonds. The summed E-state index contributed by atoms with van der Waals surface area (Å²) in [7, 11) is 1.92. The van der Waals surface area contributed by atoms with Crippen LogP contribution in [0.25, 0.3) is 0 Å². The standard InChI is InChI=1S/C12H20N4O/c1-16-7-6-14-11(16)8-15-12(17)9-2-4-10(13)5-3-9/h6-7,9-10H,2-5,8,13H2,1H3,(H,15,17). The van der Waals surface area contributed by atoms with Gasteiger partial charge in [0.15, 0.2) is 0 Å². The number of aromatic nitrogens is 2. The number of nitrogens with two attached hydrogens (primary N) is 1. The number of imidazole rings is 1. The van der Waals surface area contributed by atoms with Crippen LogP contribution in [0, 0.1) is 5.92 Å². The topological polar surface area (TPSA) is 72.9 Å². The molecule has 17 heavy (non-hydrogen) atoms. The summed E-state index contributed by atoms with van der Waals surface area (Å²) in [5.74, 6) is 1.15. The third kappa shape index (κ3) is 3.06. The Morgan fingerprint density at radius 1 is 1.53 bits per heavy atom. The van der Waals surface area contributed by atoms with Crippen LogP contribution in [0.1, 0.15) is 31.5 Å². The third-order valence-corrected chi connectivity index (χ3v) is 3.48. The molecule has 0 aliphatic heterocycles. The minimum Gasteiger partial charge on any atom is -0.349 e. The van der Waals surface area contributed by atoms with Crippen LogP contribution in [0.5, 0.6) is 0 Å². The van der Waals surface area contributed by atoms with Gasteiger partial charge in [0.2, 0.25) is 5.91 Å². The van der Waals surface area contributed by atoms with Crippen molar-refractivity contribution in [3.63, 3.8) is 0 Å². The average molecular weight is 236 g/mol. The Bertz CT molecular complexity index is 380. The maximum Gasteiger partial charge on any atom is 0.223 e. The van der Waals surface area contributed by atoms with Crippen molar-refractivity contribution in [1.29, 1.82) is 0 Å². The highest BCUT2D eigenvalue weighted by Crippen LogP contribution is 2.23. The molecule has 1 aliphatic rings. The number of rotatable bonds is 3. The largest absolute Gasteiger partial charge is 0.349 e. The van der Waals surface area contributed by atoms with Crippen molar-refractivity contribution >= 4 is 5.91 Å². The summed E-state index contributed by atoms with van der Waals surface area (Å²) in [5.41, 5.74) is 5.82. The average Bonchev–Trinajstić information content (AvgIpc) is 2.73. The van der Waals surface area contributed by atoms with Crippen molar-refractivity contribution in [2.45, 2.75) is 38.3 Å². The lowest BCUT2D eigenvalue weighted by atomic mass is 9.86. The molecule has 0 saturated heterocycles. The molecule has 3 N–H and O–H groups in total. The van der Waals surface area contributed by atoms with E-state index in [0.29, 0.717) is 6.54 Å². The van der Waals surface area contributed by atoms with E-state index in [9.17, 15) is 4.79 Å². The number of hydrogen-bond donors (Lipinski definition) is 2. The Morgan fingerprint density at radius 2 is 2.24 bits per heavy atom. The minimum atomic E-state index is 0.134. The summed E-state index contributed by atoms with van der Waals surface area (Å²) < 4.78 is 1.91. The van der Waals surface area contributed by atoms with Gasteiger partial charge in [-0.05, 0) is 25.7 Å². The number of aryl methyl sites for hydroxylation is 1. The first-order valence-corrected chi connectivity index (χ1v) is 6.16. The second-order valence-corrected chi connectivity index (χ2v) is 4.78. The van der Waals surface area contributed by atoms with Gasteiger partial charge in [0.25, 0.3) is 0 Å². The summed E-state index contributed by atoms with van der Waals surface area (Å²) in [6.45, 7) is 0.505. The first-order chi connectivity index (χ1) is 8.16. The van der Waals surface area contributed by atoms with Crippen LogP contribution in [0.15, 0.2) is 12.4 Å². The first kappa shape index (κ1) is 12.1. The molecule has 1 aromatic rings. The van der Waals surface area contributed by atoms with Crippen LogP contribution in [0.4, 0.5) is 0 Å². The number of carbonyl (C=O) groups excluding carboxylic acids is 1. The highest BCUT2D eigenvalue weighted by molar-refractivity contribution is 5.78. The van der Waals surface area contributed by atoms with E-state index in [-0.39, 0.29) is 17.9 Å². The summed E-state index contributed by atoms with van der Waals surface area (Å²) in [6.07, 6.45) is 7.35. The second-order valence-electron chi connectivity index (χ2n) is 4.78. The van der Waals surface area contributed by atoms with Crippen LogP contribution >= 0.6 is 0 Å².